The standard InChI is InChI=1S/C22H22O3/c1-14(21(24)25-22(2,3)4)16-11-12-19-17(13-16)10-9-15-7-5-6-8-18(15)20(19)23/h5-8,11-13H,1,9-10H2,2-4H3. The van der Waals surface area contributed by atoms with Crippen LogP contribution in [0, 0.1) is 0 Å². The van der Waals surface area contributed by atoms with E-state index in [1.165, 1.54) is 0 Å². The molecule has 0 spiro atoms. The highest BCUT2D eigenvalue weighted by atomic mass is 16.6. The van der Waals surface area contributed by atoms with E-state index < -0.39 is 11.6 Å². The molecule has 1 aliphatic carbocycles. The van der Waals surface area contributed by atoms with Crippen molar-refractivity contribution in [2.45, 2.75) is 39.2 Å². The van der Waals surface area contributed by atoms with E-state index >= 15 is 0 Å². The third-order valence-electron chi connectivity index (χ3n) is 4.27. The van der Waals surface area contributed by atoms with E-state index in [-0.39, 0.29) is 5.78 Å². The number of rotatable bonds is 2. The van der Waals surface area contributed by atoms with E-state index in [0.29, 0.717) is 16.7 Å². The lowest BCUT2D eigenvalue weighted by Crippen LogP contribution is -2.24. The summed E-state index contributed by atoms with van der Waals surface area (Å²) in [5, 5.41) is 0. The van der Waals surface area contributed by atoms with Gasteiger partial charge < -0.3 is 4.74 Å². The van der Waals surface area contributed by atoms with Gasteiger partial charge in [0.2, 0.25) is 0 Å². The number of hydrogen-bond donors (Lipinski definition) is 0. The highest BCUT2D eigenvalue weighted by Crippen LogP contribution is 2.27. The highest BCUT2D eigenvalue weighted by molar-refractivity contribution is 6.16. The van der Waals surface area contributed by atoms with Crippen LogP contribution in [0.2, 0.25) is 0 Å². The molecule has 25 heavy (non-hydrogen) atoms. The quantitative estimate of drug-likeness (QED) is 0.605. The molecule has 0 N–H and O–H groups in total. The Labute approximate surface area is 148 Å². The first kappa shape index (κ1) is 17.2. The molecule has 3 heteroatoms. The molecule has 0 atom stereocenters. The average molecular weight is 334 g/mol. The second-order valence-corrected chi connectivity index (χ2v) is 7.34. The lowest BCUT2D eigenvalue weighted by atomic mass is 9.95. The molecule has 2 aromatic carbocycles. The van der Waals surface area contributed by atoms with Gasteiger partial charge in [0.25, 0.3) is 0 Å². The summed E-state index contributed by atoms with van der Waals surface area (Å²) < 4.78 is 5.39. The zero-order valence-electron chi connectivity index (χ0n) is 14.9. The fourth-order valence-corrected chi connectivity index (χ4v) is 3.04. The summed E-state index contributed by atoms with van der Waals surface area (Å²) in [7, 11) is 0. The van der Waals surface area contributed by atoms with E-state index in [0.717, 1.165) is 29.5 Å². The Morgan fingerprint density at radius 1 is 1.00 bits per heavy atom. The maximum atomic E-state index is 12.8. The number of esters is 1. The van der Waals surface area contributed by atoms with Crippen LogP contribution in [0.3, 0.4) is 0 Å². The van der Waals surface area contributed by atoms with Crippen molar-refractivity contribution in [3.63, 3.8) is 0 Å². The Hall–Kier alpha value is -2.68. The maximum absolute atomic E-state index is 12.8. The van der Waals surface area contributed by atoms with E-state index in [1.54, 1.807) is 12.1 Å². The monoisotopic (exact) mass is 334 g/mol. The van der Waals surface area contributed by atoms with Crippen molar-refractivity contribution in [3.8, 4) is 0 Å². The van der Waals surface area contributed by atoms with Gasteiger partial charge in [-0.15, -0.1) is 0 Å². The van der Waals surface area contributed by atoms with E-state index in [9.17, 15) is 9.59 Å². The van der Waals surface area contributed by atoms with Crippen LogP contribution >= 0.6 is 0 Å². The smallest absolute Gasteiger partial charge is 0.338 e. The van der Waals surface area contributed by atoms with Crippen molar-refractivity contribution in [2.75, 3.05) is 0 Å². The van der Waals surface area contributed by atoms with Crippen molar-refractivity contribution in [3.05, 3.63) is 76.9 Å². The minimum Gasteiger partial charge on any atom is -0.456 e. The topological polar surface area (TPSA) is 43.4 Å². The second-order valence-electron chi connectivity index (χ2n) is 7.34. The van der Waals surface area contributed by atoms with Crippen LogP contribution < -0.4 is 0 Å². The van der Waals surface area contributed by atoms with E-state index in [2.05, 4.69) is 6.58 Å². The lowest BCUT2D eigenvalue weighted by Gasteiger charge is -2.20. The SMILES string of the molecule is C=C(C(=O)OC(C)(C)C)c1ccc2c(c1)CCc1ccccc1C2=O. The molecule has 0 fully saturated rings. The molecule has 128 valence electrons. The fraction of sp³-hybridized carbons (Fsp3) is 0.273. The molecule has 0 saturated heterocycles. The first-order valence-corrected chi connectivity index (χ1v) is 8.44. The van der Waals surface area contributed by atoms with Gasteiger partial charge in [0.1, 0.15) is 5.60 Å². The lowest BCUT2D eigenvalue weighted by molar-refractivity contribution is -0.147. The number of ketones is 1. The van der Waals surface area contributed by atoms with Gasteiger partial charge in [-0.1, -0.05) is 49.0 Å². The van der Waals surface area contributed by atoms with Gasteiger partial charge in [0.15, 0.2) is 5.78 Å². The zero-order valence-corrected chi connectivity index (χ0v) is 14.9. The predicted molar refractivity (Wildman–Crippen MR) is 98.6 cm³/mol. The number of fused-ring (bicyclic) bond motifs is 2. The second kappa shape index (κ2) is 6.32. The molecule has 0 radical (unpaired) electrons. The largest absolute Gasteiger partial charge is 0.456 e. The number of benzene rings is 2. The highest BCUT2D eigenvalue weighted by Gasteiger charge is 2.23. The van der Waals surface area contributed by atoms with Crippen molar-refractivity contribution in [2.24, 2.45) is 0 Å². The minimum atomic E-state index is -0.566. The zero-order chi connectivity index (χ0) is 18.2. The normalized spacial score (nSPS) is 13.5. The number of carbonyl (C=O) groups is 2. The molecular formula is C22H22O3. The van der Waals surface area contributed by atoms with Gasteiger partial charge in [-0.25, -0.2) is 4.79 Å². The predicted octanol–water partition coefficient (Wildman–Crippen LogP) is 4.37. The van der Waals surface area contributed by atoms with Gasteiger partial charge in [0.05, 0.1) is 5.57 Å². The fourth-order valence-electron chi connectivity index (χ4n) is 3.04. The van der Waals surface area contributed by atoms with Crippen LogP contribution in [0.15, 0.2) is 49.0 Å². The van der Waals surface area contributed by atoms with Gasteiger partial charge in [-0.05, 0) is 50.3 Å². The van der Waals surface area contributed by atoms with Gasteiger partial charge in [-0.3, -0.25) is 4.79 Å². The molecular weight excluding hydrogens is 312 g/mol. The van der Waals surface area contributed by atoms with Crippen molar-refractivity contribution in [1.29, 1.82) is 0 Å². The number of hydrogen-bond acceptors (Lipinski definition) is 3. The van der Waals surface area contributed by atoms with E-state index in [1.807, 2.05) is 51.1 Å². The third-order valence-corrected chi connectivity index (χ3v) is 4.27. The minimum absolute atomic E-state index is 0.0394. The molecule has 0 bridgehead atoms. The van der Waals surface area contributed by atoms with E-state index in [4.69, 9.17) is 4.74 Å². The summed E-state index contributed by atoms with van der Waals surface area (Å²) >= 11 is 0. The van der Waals surface area contributed by atoms with Crippen LogP contribution in [-0.4, -0.2) is 17.4 Å². The number of carbonyl (C=O) groups excluding carboxylic acids is 2. The van der Waals surface area contributed by atoms with Crippen LogP contribution in [0.1, 0.15) is 53.4 Å². The van der Waals surface area contributed by atoms with Crippen LogP contribution in [-0.2, 0) is 22.4 Å². The maximum Gasteiger partial charge on any atom is 0.338 e. The molecule has 0 unspecified atom stereocenters. The Balaban J connectivity index is 1.93. The number of ether oxygens (including phenoxy) is 1. The summed E-state index contributed by atoms with van der Waals surface area (Å²) in [6.45, 7) is 9.35. The Morgan fingerprint density at radius 3 is 2.36 bits per heavy atom. The first-order chi connectivity index (χ1) is 11.8. The third kappa shape index (κ3) is 3.55. The molecule has 0 amide bonds. The molecule has 0 saturated carbocycles. The molecule has 0 aromatic heterocycles. The van der Waals surface area contributed by atoms with Crippen molar-refractivity contribution >= 4 is 17.3 Å². The summed E-state index contributed by atoms with van der Waals surface area (Å²) in [6, 6.07) is 13.2. The molecule has 3 rings (SSSR count). The summed E-state index contributed by atoms with van der Waals surface area (Å²) in [5.74, 6) is -0.395. The van der Waals surface area contributed by atoms with Gasteiger partial charge in [-0.2, -0.15) is 0 Å². The van der Waals surface area contributed by atoms with Gasteiger partial charge >= 0.3 is 5.97 Å². The molecule has 1 aliphatic rings. The molecule has 3 nitrogen and oxygen atoms in total. The summed E-state index contributed by atoms with van der Waals surface area (Å²) in [4.78, 5) is 25.1. The number of aryl methyl sites for hydroxylation is 2. The van der Waals surface area contributed by atoms with Crippen LogP contribution in [0.4, 0.5) is 0 Å². The van der Waals surface area contributed by atoms with Gasteiger partial charge in [0, 0.05) is 11.1 Å². The van der Waals surface area contributed by atoms with Crippen molar-refractivity contribution in [1.82, 2.24) is 0 Å². The Bertz CT molecular complexity index is 869. The summed E-state index contributed by atoms with van der Waals surface area (Å²) in [5.41, 5.74) is 3.92. The molecule has 2 aromatic rings. The van der Waals surface area contributed by atoms with Crippen molar-refractivity contribution < 1.29 is 14.3 Å². The van der Waals surface area contributed by atoms with Crippen LogP contribution in [0.25, 0.3) is 5.57 Å². The molecule has 0 heterocycles. The molecule has 0 aliphatic heterocycles. The summed E-state index contributed by atoms with van der Waals surface area (Å²) in [6.07, 6.45) is 1.56. The first-order valence-electron chi connectivity index (χ1n) is 8.44. The Morgan fingerprint density at radius 2 is 1.64 bits per heavy atom. The van der Waals surface area contributed by atoms with Crippen LogP contribution in [0.5, 0.6) is 0 Å². The average Bonchev–Trinajstić information content (AvgIpc) is 2.70. The Kier molecular flexibility index (Phi) is 4.34.